The molecule has 0 aliphatic heterocycles. The minimum absolute atomic E-state index is 0. The van der Waals surface area contributed by atoms with Crippen LogP contribution >= 0.6 is 12.4 Å². The van der Waals surface area contributed by atoms with E-state index < -0.39 is 5.97 Å². The summed E-state index contributed by atoms with van der Waals surface area (Å²) >= 11 is 0. The Balaban J connectivity index is 0.00000225. The molecule has 0 heterocycles. The van der Waals surface area contributed by atoms with Gasteiger partial charge in [0.15, 0.2) is 0 Å². The van der Waals surface area contributed by atoms with Crippen LogP contribution in [0.4, 0.5) is 0 Å². The van der Waals surface area contributed by atoms with Crippen LogP contribution in [0.5, 0.6) is 0 Å². The lowest BCUT2D eigenvalue weighted by atomic mass is 9.92. The molecule has 3 N–H and O–H groups in total. The second-order valence-corrected chi connectivity index (χ2v) is 3.84. The Labute approximate surface area is 102 Å². The van der Waals surface area contributed by atoms with Crippen LogP contribution in [0.15, 0.2) is 24.3 Å². The van der Waals surface area contributed by atoms with E-state index in [1.807, 2.05) is 6.07 Å². The summed E-state index contributed by atoms with van der Waals surface area (Å²) in [6.45, 7) is 4.14. The lowest BCUT2D eigenvalue weighted by molar-refractivity contribution is 0.0696. The van der Waals surface area contributed by atoms with Gasteiger partial charge in [0.1, 0.15) is 0 Å². The lowest BCUT2D eigenvalue weighted by Crippen LogP contribution is -2.18. The Morgan fingerprint density at radius 3 is 2.62 bits per heavy atom. The van der Waals surface area contributed by atoms with Crippen LogP contribution in [0.2, 0.25) is 0 Å². The first kappa shape index (κ1) is 14.9. The predicted octanol–water partition coefficient (Wildman–Crippen LogP) is 2.85. The fourth-order valence-electron chi connectivity index (χ4n) is 1.46. The molecule has 0 aromatic heterocycles. The zero-order valence-electron chi connectivity index (χ0n) is 9.51. The molecular weight excluding hydrogens is 226 g/mol. The van der Waals surface area contributed by atoms with Crippen molar-refractivity contribution in [2.24, 2.45) is 11.7 Å². The number of carbonyl (C=O) groups is 1. The van der Waals surface area contributed by atoms with E-state index in [0.717, 1.165) is 12.0 Å². The average Bonchev–Trinajstić information content (AvgIpc) is 2.27. The molecule has 90 valence electrons. The number of aromatic carboxylic acids is 1. The third kappa shape index (κ3) is 3.51. The van der Waals surface area contributed by atoms with Gasteiger partial charge in [-0.3, -0.25) is 0 Å². The summed E-state index contributed by atoms with van der Waals surface area (Å²) in [7, 11) is 0. The summed E-state index contributed by atoms with van der Waals surface area (Å²) in [4.78, 5) is 10.8. The molecule has 0 spiro atoms. The number of carboxylic acid groups (broad SMARTS) is 1. The van der Waals surface area contributed by atoms with Gasteiger partial charge in [-0.2, -0.15) is 0 Å². The quantitative estimate of drug-likeness (QED) is 0.855. The molecule has 1 aromatic rings. The molecule has 2 atom stereocenters. The van der Waals surface area contributed by atoms with Crippen molar-refractivity contribution in [2.45, 2.75) is 26.3 Å². The smallest absolute Gasteiger partial charge is 0.335 e. The monoisotopic (exact) mass is 243 g/mol. The molecule has 0 amide bonds. The van der Waals surface area contributed by atoms with Gasteiger partial charge in [-0.15, -0.1) is 12.4 Å². The van der Waals surface area contributed by atoms with Crippen molar-refractivity contribution >= 4 is 18.4 Å². The van der Waals surface area contributed by atoms with Crippen LogP contribution in [0.1, 0.15) is 42.2 Å². The van der Waals surface area contributed by atoms with Crippen molar-refractivity contribution < 1.29 is 9.90 Å². The molecule has 3 nitrogen and oxygen atoms in total. The van der Waals surface area contributed by atoms with Crippen LogP contribution in [0.3, 0.4) is 0 Å². The van der Waals surface area contributed by atoms with Gasteiger partial charge in [0.25, 0.3) is 0 Å². The van der Waals surface area contributed by atoms with E-state index >= 15 is 0 Å². The largest absolute Gasteiger partial charge is 0.478 e. The van der Waals surface area contributed by atoms with E-state index in [0.29, 0.717) is 11.5 Å². The fraction of sp³-hybridized carbons (Fsp3) is 0.417. The van der Waals surface area contributed by atoms with Gasteiger partial charge in [0.2, 0.25) is 0 Å². The molecule has 0 bridgehead atoms. The third-order valence-corrected chi connectivity index (χ3v) is 2.78. The van der Waals surface area contributed by atoms with Crippen molar-refractivity contribution in [2.75, 3.05) is 0 Å². The SMILES string of the molecule is CCC(C)C(N)c1cccc(C(=O)O)c1.Cl. The first-order valence-electron chi connectivity index (χ1n) is 5.15. The Bertz CT molecular complexity index is 355. The number of hydrogen-bond donors (Lipinski definition) is 2. The molecule has 1 rings (SSSR count). The number of carboxylic acids is 1. The molecular formula is C12H18ClNO2. The summed E-state index contributed by atoms with van der Waals surface area (Å²) in [5.41, 5.74) is 7.22. The molecule has 0 aliphatic carbocycles. The number of rotatable bonds is 4. The summed E-state index contributed by atoms with van der Waals surface area (Å²) < 4.78 is 0. The second-order valence-electron chi connectivity index (χ2n) is 3.84. The molecule has 0 fully saturated rings. The first-order valence-corrected chi connectivity index (χ1v) is 5.15. The highest BCUT2D eigenvalue weighted by molar-refractivity contribution is 5.87. The van der Waals surface area contributed by atoms with Gasteiger partial charge in [0.05, 0.1) is 5.56 Å². The Kier molecular flexibility index (Phi) is 6.08. The van der Waals surface area contributed by atoms with Gasteiger partial charge in [-0.1, -0.05) is 32.4 Å². The Morgan fingerprint density at radius 2 is 2.12 bits per heavy atom. The third-order valence-electron chi connectivity index (χ3n) is 2.78. The number of hydrogen-bond acceptors (Lipinski definition) is 2. The fourth-order valence-corrected chi connectivity index (χ4v) is 1.46. The maximum Gasteiger partial charge on any atom is 0.335 e. The van der Waals surface area contributed by atoms with E-state index in [9.17, 15) is 4.79 Å². The topological polar surface area (TPSA) is 63.3 Å². The van der Waals surface area contributed by atoms with Crippen LogP contribution in [-0.4, -0.2) is 11.1 Å². The standard InChI is InChI=1S/C12H17NO2.ClH/c1-3-8(2)11(13)9-5-4-6-10(7-9)12(14)15;/h4-8,11H,3,13H2,1-2H3,(H,14,15);1H. The van der Waals surface area contributed by atoms with Gasteiger partial charge in [0, 0.05) is 6.04 Å². The highest BCUT2D eigenvalue weighted by Crippen LogP contribution is 2.22. The molecule has 4 heteroatoms. The normalized spacial score (nSPS) is 13.7. The van der Waals surface area contributed by atoms with Crippen molar-refractivity contribution in [3.8, 4) is 0 Å². The average molecular weight is 244 g/mol. The van der Waals surface area contributed by atoms with Crippen LogP contribution in [0, 0.1) is 5.92 Å². The highest BCUT2D eigenvalue weighted by atomic mass is 35.5. The predicted molar refractivity (Wildman–Crippen MR) is 67.0 cm³/mol. The summed E-state index contributed by atoms with van der Waals surface area (Å²) in [6.07, 6.45) is 0.985. The molecule has 0 radical (unpaired) electrons. The van der Waals surface area contributed by atoms with Gasteiger partial charge in [-0.25, -0.2) is 4.79 Å². The van der Waals surface area contributed by atoms with E-state index in [1.165, 1.54) is 0 Å². The van der Waals surface area contributed by atoms with Crippen LogP contribution < -0.4 is 5.73 Å². The summed E-state index contributed by atoms with van der Waals surface area (Å²) in [6, 6.07) is 6.76. The molecule has 16 heavy (non-hydrogen) atoms. The van der Waals surface area contributed by atoms with Gasteiger partial charge < -0.3 is 10.8 Å². The second kappa shape index (κ2) is 6.51. The van der Waals surface area contributed by atoms with Crippen molar-refractivity contribution in [1.82, 2.24) is 0 Å². The van der Waals surface area contributed by atoms with Crippen molar-refractivity contribution in [3.05, 3.63) is 35.4 Å². The number of nitrogens with two attached hydrogens (primary N) is 1. The first-order chi connectivity index (χ1) is 7.06. The Morgan fingerprint density at radius 1 is 1.50 bits per heavy atom. The maximum atomic E-state index is 10.8. The zero-order valence-corrected chi connectivity index (χ0v) is 10.3. The van der Waals surface area contributed by atoms with Crippen LogP contribution in [-0.2, 0) is 0 Å². The van der Waals surface area contributed by atoms with E-state index in [2.05, 4.69) is 13.8 Å². The molecule has 2 unspecified atom stereocenters. The van der Waals surface area contributed by atoms with Gasteiger partial charge in [-0.05, 0) is 23.6 Å². The minimum Gasteiger partial charge on any atom is -0.478 e. The van der Waals surface area contributed by atoms with E-state index in [1.54, 1.807) is 18.2 Å². The van der Waals surface area contributed by atoms with E-state index in [-0.39, 0.29) is 18.4 Å². The highest BCUT2D eigenvalue weighted by Gasteiger charge is 2.14. The molecule has 0 saturated carbocycles. The lowest BCUT2D eigenvalue weighted by Gasteiger charge is -2.18. The summed E-state index contributed by atoms with van der Waals surface area (Å²) in [5.74, 6) is -0.553. The summed E-state index contributed by atoms with van der Waals surface area (Å²) in [5, 5.41) is 8.85. The number of halogens is 1. The van der Waals surface area contributed by atoms with Gasteiger partial charge >= 0.3 is 5.97 Å². The van der Waals surface area contributed by atoms with Crippen molar-refractivity contribution in [1.29, 1.82) is 0 Å². The minimum atomic E-state index is -0.909. The van der Waals surface area contributed by atoms with Crippen LogP contribution in [0.25, 0.3) is 0 Å². The molecule has 1 aromatic carbocycles. The number of benzene rings is 1. The van der Waals surface area contributed by atoms with Crippen molar-refractivity contribution in [3.63, 3.8) is 0 Å². The zero-order chi connectivity index (χ0) is 11.4. The maximum absolute atomic E-state index is 10.8. The molecule has 0 aliphatic rings. The molecule has 0 saturated heterocycles. The Hall–Kier alpha value is -1.06. The van der Waals surface area contributed by atoms with E-state index in [4.69, 9.17) is 10.8 Å².